The van der Waals surface area contributed by atoms with Crippen LogP contribution in [0.5, 0.6) is 5.75 Å². The van der Waals surface area contributed by atoms with E-state index in [-0.39, 0.29) is 17.7 Å². The third kappa shape index (κ3) is 3.18. The number of benzene rings is 1. The molecule has 1 aromatic rings. The van der Waals surface area contributed by atoms with Crippen LogP contribution in [0.25, 0.3) is 0 Å². The second kappa shape index (κ2) is 6.12. The molecule has 7 heteroatoms. The van der Waals surface area contributed by atoms with Crippen LogP contribution >= 0.6 is 0 Å². The molecule has 0 saturated carbocycles. The molecule has 0 amide bonds. The number of aliphatic carboxylic acids is 1. The van der Waals surface area contributed by atoms with Crippen molar-refractivity contribution < 1.29 is 24.0 Å². The Morgan fingerprint density at radius 1 is 1.58 bits per heavy atom. The van der Waals surface area contributed by atoms with Gasteiger partial charge in [0.25, 0.3) is 0 Å². The van der Waals surface area contributed by atoms with E-state index in [1.807, 2.05) is 0 Å². The smallest absolute Gasteiger partial charge is 0.313 e. The van der Waals surface area contributed by atoms with Crippen molar-refractivity contribution in [3.63, 3.8) is 0 Å². The van der Waals surface area contributed by atoms with Crippen molar-refractivity contribution in [3.05, 3.63) is 33.6 Å². The average molecular weight is 271 g/mol. The fourth-order valence-corrected chi connectivity index (χ4v) is 1.83. The van der Waals surface area contributed by atoms with Crippen LogP contribution in [0.15, 0.2) is 12.1 Å². The van der Waals surface area contributed by atoms with Gasteiger partial charge in [-0.2, -0.15) is 0 Å². The van der Waals surface area contributed by atoms with Crippen molar-refractivity contribution in [1.29, 1.82) is 0 Å². The Hall–Kier alpha value is -2.18. The summed E-state index contributed by atoms with van der Waals surface area (Å²) in [6, 6.07) is 1.78. The van der Waals surface area contributed by atoms with Gasteiger partial charge < -0.3 is 9.84 Å². The lowest BCUT2D eigenvalue weighted by Gasteiger charge is -2.13. The van der Waals surface area contributed by atoms with Gasteiger partial charge in [-0.25, -0.2) is 4.39 Å². The molecule has 19 heavy (non-hydrogen) atoms. The standard InChI is InChI=1S/C12H14FNO5/c1-3-4-7(12(15)16)8-5-11(19-2)10(14(17)18)6-9(8)13/h5-7H,3-4H2,1-2H3,(H,15,16). The van der Waals surface area contributed by atoms with Crippen molar-refractivity contribution in [1.82, 2.24) is 0 Å². The van der Waals surface area contributed by atoms with E-state index in [2.05, 4.69) is 0 Å². The second-order valence-corrected chi connectivity index (χ2v) is 3.98. The van der Waals surface area contributed by atoms with Crippen molar-refractivity contribution in [2.24, 2.45) is 0 Å². The number of carboxylic acids is 1. The lowest BCUT2D eigenvalue weighted by atomic mass is 9.93. The zero-order valence-electron chi connectivity index (χ0n) is 10.6. The minimum Gasteiger partial charge on any atom is -0.490 e. The first-order valence-corrected chi connectivity index (χ1v) is 5.67. The number of hydrogen-bond donors (Lipinski definition) is 1. The molecule has 0 fully saturated rings. The Balaban J connectivity index is 3.35. The van der Waals surface area contributed by atoms with Crippen LogP contribution in [0.3, 0.4) is 0 Å². The minimum atomic E-state index is -1.17. The molecule has 0 aliphatic carbocycles. The van der Waals surface area contributed by atoms with Crippen LogP contribution < -0.4 is 4.74 Å². The van der Waals surface area contributed by atoms with E-state index in [9.17, 15) is 19.3 Å². The van der Waals surface area contributed by atoms with Gasteiger partial charge in [-0.1, -0.05) is 13.3 Å². The SMILES string of the molecule is CCCC(C(=O)O)c1cc(OC)c([N+](=O)[O-])cc1F. The van der Waals surface area contributed by atoms with Gasteiger partial charge in [0.15, 0.2) is 5.75 Å². The van der Waals surface area contributed by atoms with Gasteiger partial charge in [0.2, 0.25) is 0 Å². The molecule has 0 aromatic heterocycles. The Morgan fingerprint density at radius 2 is 2.21 bits per heavy atom. The Labute approximate surface area is 109 Å². The number of nitrogens with zero attached hydrogens (tertiary/aromatic N) is 1. The van der Waals surface area contributed by atoms with Gasteiger partial charge in [-0.15, -0.1) is 0 Å². The summed E-state index contributed by atoms with van der Waals surface area (Å²) in [7, 11) is 1.21. The molecule has 104 valence electrons. The number of ether oxygens (including phenoxy) is 1. The van der Waals surface area contributed by atoms with Gasteiger partial charge in [-0.05, 0) is 12.5 Å². The third-order valence-corrected chi connectivity index (χ3v) is 2.75. The number of carboxylic acid groups (broad SMARTS) is 1. The summed E-state index contributed by atoms with van der Waals surface area (Å²) >= 11 is 0. The van der Waals surface area contributed by atoms with E-state index in [1.165, 1.54) is 7.11 Å². The molecule has 0 spiro atoms. The molecule has 0 aliphatic rings. The second-order valence-electron chi connectivity index (χ2n) is 3.98. The highest BCUT2D eigenvalue weighted by Crippen LogP contribution is 2.34. The predicted octanol–water partition coefficient (Wildman–Crippen LogP) is 2.71. The van der Waals surface area contributed by atoms with E-state index in [4.69, 9.17) is 9.84 Å². The molecule has 1 atom stereocenters. The zero-order chi connectivity index (χ0) is 14.6. The Morgan fingerprint density at radius 3 is 2.63 bits per heavy atom. The number of methoxy groups -OCH3 is 1. The number of rotatable bonds is 6. The number of nitro benzene ring substituents is 1. The van der Waals surface area contributed by atoms with E-state index in [0.29, 0.717) is 12.5 Å². The zero-order valence-corrected chi connectivity index (χ0v) is 10.6. The first-order chi connectivity index (χ1) is 8.92. The van der Waals surface area contributed by atoms with E-state index < -0.39 is 28.3 Å². The van der Waals surface area contributed by atoms with Crippen LogP contribution in [0, 0.1) is 15.9 Å². The maximum absolute atomic E-state index is 13.8. The normalized spacial score (nSPS) is 11.9. The van der Waals surface area contributed by atoms with Gasteiger partial charge >= 0.3 is 11.7 Å². The number of carbonyl (C=O) groups is 1. The monoisotopic (exact) mass is 271 g/mol. The molecule has 0 saturated heterocycles. The average Bonchev–Trinajstić information content (AvgIpc) is 2.35. The molecule has 0 heterocycles. The van der Waals surface area contributed by atoms with Crippen LogP contribution in [0.4, 0.5) is 10.1 Å². The predicted molar refractivity (Wildman–Crippen MR) is 64.9 cm³/mol. The van der Waals surface area contributed by atoms with E-state index in [0.717, 1.165) is 6.07 Å². The van der Waals surface area contributed by atoms with Gasteiger partial charge in [0.05, 0.1) is 24.0 Å². The molecule has 0 aliphatic heterocycles. The summed E-state index contributed by atoms with van der Waals surface area (Å²) < 4.78 is 18.6. The van der Waals surface area contributed by atoms with Crippen LogP contribution in [0.2, 0.25) is 0 Å². The summed E-state index contributed by atoms with van der Waals surface area (Å²) in [6.07, 6.45) is 0.795. The van der Waals surface area contributed by atoms with Crippen molar-refractivity contribution in [2.75, 3.05) is 7.11 Å². The molecule has 1 unspecified atom stereocenters. The fourth-order valence-electron chi connectivity index (χ4n) is 1.83. The maximum Gasteiger partial charge on any atom is 0.313 e. The summed E-state index contributed by atoms with van der Waals surface area (Å²) in [5, 5.41) is 19.8. The van der Waals surface area contributed by atoms with Gasteiger partial charge in [-0.3, -0.25) is 14.9 Å². The third-order valence-electron chi connectivity index (χ3n) is 2.75. The fraction of sp³-hybridized carbons (Fsp3) is 0.417. The number of hydrogen-bond acceptors (Lipinski definition) is 4. The quantitative estimate of drug-likeness (QED) is 0.634. The lowest BCUT2D eigenvalue weighted by Crippen LogP contribution is -2.13. The molecule has 1 N–H and O–H groups in total. The van der Waals surface area contributed by atoms with Crippen LogP contribution in [-0.4, -0.2) is 23.1 Å². The number of nitro groups is 1. The lowest BCUT2D eigenvalue weighted by molar-refractivity contribution is -0.386. The van der Waals surface area contributed by atoms with Crippen molar-refractivity contribution >= 4 is 11.7 Å². The Bertz CT molecular complexity index is 503. The van der Waals surface area contributed by atoms with Crippen LogP contribution in [-0.2, 0) is 4.79 Å². The maximum atomic E-state index is 13.8. The highest BCUT2D eigenvalue weighted by atomic mass is 19.1. The molecule has 0 radical (unpaired) electrons. The highest BCUT2D eigenvalue weighted by Gasteiger charge is 2.27. The topological polar surface area (TPSA) is 89.7 Å². The van der Waals surface area contributed by atoms with Crippen LogP contribution in [0.1, 0.15) is 31.2 Å². The van der Waals surface area contributed by atoms with Gasteiger partial charge in [0.1, 0.15) is 5.82 Å². The number of halogens is 1. The molecule has 6 nitrogen and oxygen atoms in total. The molecule has 0 bridgehead atoms. The van der Waals surface area contributed by atoms with Crippen molar-refractivity contribution in [3.8, 4) is 5.75 Å². The summed E-state index contributed by atoms with van der Waals surface area (Å²) in [6.45, 7) is 1.77. The Kier molecular flexibility index (Phi) is 4.80. The summed E-state index contributed by atoms with van der Waals surface area (Å²) in [5.74, 6) is -3.27. The highest BCUT2D eigenvalue weighted by molar-refractivity contribution is 5.76. The summed E-state index contributed by atoms with van der Waals surface area (Å²) in [5.41, 5.74) is -0.624. The van der Waals surface area contributed by atoms with Gasteiger partial charge in [0, 0.05) is 5.56 Å². The molecular formula is C12H14FNO5. The van der Waals surface area contributed by atoms with E-state index in [1.54, 1.807) is 6.92 Å². The first kappa shape index (κ1) is 14.9. The summed E-state index contributed by atoms with van der Waals surface area (Å²) in [4.78, 5) is 21.1. The largest absolute Gasteiger partial charge is 0.490 e. The molecule has 1 rings (SSSR count). The molecular weight excluding hydrogens is 257 g/mol. The van der Waals surface area contributed by atoms with Crippen molar-refractivity contribution in [2.45, 2.75) is 25.7 Å². The first-order valence-electron chi connectivity index (χ1n) is 5.67. The van der Waals surface area contributed by atoms with E-state index >= 15 is 0 Å². The minimum absolute atomic E-state index is 0.100. The molecule has 1 aromatic carbocycles.